The zero-order valence-corrected chi connectivity index (χ0v) is 19.8. The molecule has 0 radical (unpaired) electrons. The van der Waals surface area contributed by atoms with Crippen molar-refractivity contribution in [2.24, 2.45) is 23.2 Å². The Balaban J connectivity index is 1.27. The molecule has 0 aromatic heterocycles. The monoisotopic (exact) mass is 442 g/mol. The Morgan fingerprint density at radius 2 is 2.00 bits per heavy atom. The molecule has 3 fully saturated rings. The minimum Gasteiger partial charge on any atom is -0.461 e. The van der Waals surface area contributed by atoms with E-state index < -0.39 is 0 Å². The van der Waals surface area contributed by atoms with E-state index in [1.807, 2.05) is 6.07 Å². The SMILES string of the molecule is Cc1ccc(Cl)cc1N1CCN(C[C@H]2C(=O)O[C@@H]3C[C@@]4(C)CCC[C@H](C)C4=C[C@H]32)CC1. The van der Waals surface area contributed by atoms with Gasteiger partial charge >= 0.3 is 5.97 Å². The van der Waals surface area contributed by atoms with Gasteiger partial charge in [0.25, 0.3) is 0 Å². The molecule has 0 N–H and O–H groups in total. The van der Waals surface area contributed by atoms with Crippen molar-refractivity contribution in [2.75, 3.05) is 37.6 Å². The standard InChI is InChI=1S/C26H35ClN2O2/c1-17-5-4-8-26(3)15-24-20(14-22(17)26)21(25(30)31-24)16-28-9-11-29(12-10-28)23-13-19(27)7-6-18(23)2/h6-7,13-14,17,20-21,24H,4-5,8-12,15-16H2,1-3H3/t17-,20-,21+,24+,26+/m0/s1. The van der Waals surface area contributed by atoms with Gasteiger partial charge in [0.15, 0.2) is 0 Å². The number of nitrogens with zero attached hydrogens (tertiary/aromatic N) is 2. The van der Waals surface area contributed by atoms with Crippen LogP contribution < -0.4 is 4.90 Å². The number of fused-ring (bicyclic) bond motifs is 2. The van der Waals surface area contributed by atoms with Gasteiger partial charge in [-0.25, -0.2) is 0 Å². The third-order valence-corrected chi connectivity index (χ3v) is 8.66. The number of halogens is 1. The van der Waals surface area contributed by atoms with Gasteiger partial charge in [0, 0.05) is 49.4 Å². The molecule has 1 aromatic carbocycles. The molecule has 5 atom stereocenters. The van der Waals surface area contributed by atoms with Gasteiger partial charge in [0.1, 0.15) is 6.10 Å². The molecule has 2 saturated heterocycles. The maximum Gasteiger partial charge on any atom is 0.311 e. The van der Waals surface area contributed by atoms with Crippen LogP contribution in [0.25, 0.3) is 0 Å². The van der Waals surface area contributed by atoms with E-state index >= 15 is 0 Å². The second-order valence-corrected chi connectivity index (χ2v) is 11.0. The fourth-order valence-electron chi connectivity index (χ4n) is 6.63. The molecule has 2 heterocycles. The van der Waals surface area contributed by atoms with Gasteiger partial charge in [-0.2, -0.15) is 0 Å². The third kappa shape index (κ3) is 3.91. The van der Waals surface area contributed by atoms with E-state index in [1.54, 1.807) is 5.57 Å². The summed E-state index contributed by atoms with van der Waals surface area (Å²) in [5.41, 5.74) is 4.33. The van der Waals surface area contributed by atoms with Crippen LogP contribution in [0.1, 0.15) is 45.1 Å². The second-order valence-electron chi connectivity index (χ2n) is 10.6. The van der Waals surface area contributed by atoms with E-state index in [-0.39, 0.29) is 29.3 Å². The largest absolute Gasteiger partial charge is 0.461 e. The lowest BCUT2D eigenvalue weighted by Gasteiger charge is -2.46. The van der Waals surface area contributed by atoms with Crippen LogP contribution in [0.15, 0.2) is 29.8 Å². The summed E-state index contributed by atoms with van der Waals surface area (Å²) in [4.78, 5) is 17.8. The minimum atomic E-state index is -0.0179. The lowest BCUT2D eigenvalue weighted by atomic mass is 9.59. The highest BCUT2D eigenvalue weighted by molar-refractivity contribution is 6.30. The Morgan fingerprint density at radius 1 is 1.23 bits per heavy atom. The van der Waals surface area contributed by atoms with Gasteiger partial charge in [-0.3, -0.25) is 9.69 Å². The first-order valence-corrected chi connectivity index (χ1v) is 12.4. The number of allylic oxidation sites excluding steroid dienone is 1. The first-order chi connectivity index (χ1) is 14.8. The summed E-state index contributed by atoms with van der Waals surface area (Å²) in [6.07, 6.45) is 7.37. The number of anilines is 1. The number of ether oxygens (including phenoxy) is 1. The lowest BCUT2D eigenvalue weighted by Crippen LogP contribution is -2.49. The number of piperazine rings is 1. The number of aryl methyl sites for hydroxylation is 1. The number of esters is 1. The molecular formula is C26H35ClN2O2. The first kappa shape index (κ1) is 21.3. The van der Waals surface area contributed by atoms with Crippen LogP contribution in [-0.2, 0) is 9.53 Å². The molecule has 0 bridgehead atoms. The molecule has 168 valence electrons. The summed E-state index contributed by atoms with van der Waals surface area (Å²) >= 11 is 6.23. The van der Waals surface area contributed by atoms with E-state index in [9.17, 15) is 4.79 Å². The number of carbonyl (C=O) groups excluding carboxylic acids is 1. The van der Waals surface area contributed by atoms with Crippen molar-refractivity contribution >= 4 is 23.3 Å². The van der Waals surface area contributed by atoms with Gasteiger partial charge < -0.3 is 9.64 Å². The normalized spacial score (nSPS) is 35.9. The zero-order chi connectivity index (χ0) is 21.8. The van der Waals surface area contributed by atoms with Crippen molar-refractivity contribution < 1.29 is 9.53 Å². The third-order valence-electron chi connectivity index (χ3n) is 8.42. The van der Waals surface area contributed by atoms with Crippen molar-refractivity contribution in [3.05, 3.63) is 40.4 Å². The smallest absolute Gasteiger partial charge is 0.311 e. The average molecular weight is 443 g/mol. The molecule has 5 rings (SSSR count). The molecule has 1 aromatic rings. The number of carbonyl (C=O) groups is 1. The van der Waals surface area contributed by atoms with Crippen LogP contribution in [0.4, 0.5) is 5.69 Å². The Labute approximate surface area is 191 Å². The van der Waals surface area contributed by atoms with Crippen LogP contribution in [0.3, 0.4) is 0 Å². The second kappa shape index (κ2) is 8.12. The highest BCUT2D eigenvalue weighted by atomic mass is 35.5. The van der Waals surface area contributed by atoms with Crippen LogP contribution in [0.2, 0.25) is 5.02 Å². The van der Waals surface area contributed by atoms with Crippen molar-refractivity contribution in [3.63, 3.8) is 0 Å². The predicted molar refractivity (Wildman–Crippen MR) is 126 cm³/mol. The molecular weight excluding hydrogens is 408 g/mol. The number of hydrogen-bond donors (Lipinski definition) is 0. The van der Waals surface area contributed by atoms with E-state index in [0.717, 1.165) is 44.2 Å². The molecule has 5 heteroatoms. The first-order valence-electron chi connectivity index (χ1n) is 12.0. The lowest BCUT2D eigenvalue weighted by molar-refractivity contribution is -0.145. The fourth-order valence-corrected chi connectivity index (χ4v) is 6.80. The zero-order valence-electron chi connectivity index (χ0n) is 19.1. The maximum absolute atomic E-state index is 12.9. The van der Waals surface area contributed by atoms with Crippen molar-refractivity contribution in [1.82, 2.24) is 4.90 Å². The number of rotatable bonds is 3. The van der Waals surface area contributed by atoms with Crippen LogP contribution in [-0.4, -0.2) is 49.7 Å². The van der Waals surface area contributed by atoms with Crippen LogP contribution in [0.5, 0.6) is 0 Å². The quantitative estimate of drug-likeness (QED) is 0.482. The fraction of sp³-hybridized carbons (Fsp3) is 0.654. The molecule has 1 saturated carbocycles. The van der Waals surface area contributed by atoms with Gasteiger partial charge in [0.2, 0.25) is 0 Å². The molecule has 4 nitrogen and oxygen atoms in total. The minimum absolute atomic E-state index is 0.0179. The van der Waals surface area contributed by atoms with E-state index in [0.29, 0.717) is 5.92 Å². The van der Waals surface area contributed by atoms with E-state index in [2.05, 4.69) is 48.8 Å². The highest BCUT2D eigenvalue weighted by Crippen LogP contribution is 2.54. The predicted octanol–water partition coefficient (Wildman–Crippen LogP) is 5.08. The Bertz CT molecular complexity index is 891. The van der Waals surface area contributed by atoms with Crippen molar-refractivity contribution in [2.45, 2.75) is 52.6 Å². The molecule has 2 aliphatic heterocycles. The summed E-state index contributed by atoms with van der Waals surface area (Å²) in [7, 11) is 0. The highest BCUT2D eigenvalue weighted by Gasteiger charge is 2.52. The number of benzene rings is 1. The maximum atomic E-state index is 12.9. The summed E-state index contributed by atoms with van der Waals surface area (Å²) in [6, 6.07) is 6.12. The summed E-state index contributed by atoms with van der Waals surface area (Å²) in [6.45, 7) is 11.6. The Hall–Kier alpha value is -1.52. The van der Waals surface area contributed by atoms with Gasteiger partial charge in [-0.15, -0.1) is 0 Å². The van der Waals surface area contributed by atoms with Crippen LogP contribution >= 0.6 is 11.6 Å². The van der Waals surface area contributed by atoms with Gasteiger partial charge in [0.05, 0.1) is 5.92 Å². The molecule has 2 aliphatic carbocycles. The van der Waals surface area contributed by atoms with Crippen molar-refractivity contribution in [3.8, 4) is 0 Å². The number of hydrogen-bond acceptors (Lipinski definition) is 4. The van der Waals surface area contributed by atoms with Gasteiger partial charge in [-0.1, -0.05) is 49.6 Å². The van der Waals surface area contributed by atoms with Crippen molar-refractivity contribution in [1.29, 1.82) is 0 Å². The Morgan fingerprint density at radius 3 is 2.77 bits per heavy atom. The van der Waals surface area contributed by atoms with E-state index in [4.69, 9.17) is 16.3 Å². The van der Waals surface area contributed by atoms with Crippen LogP contribution in [0, 0.1) is 30.1 Å². The summed E-state index contributed by atoms with van der Waals surface area (Å²) < 4.78 is 5.95. The summed E-state index contributed by atoms with van der Waals surface area (Å²) in [5, 5.41) is 0.789. The molecule has 0 amide bonds. The molecule has 0 spiro atoms. The molecule has 31 heavy (non-hydrogen) atoms. The average Bonchev–Trinajstić information content (AvgIpc) is 3.02. The Kier molecular flexibility index (Phi) is 5.58. The molecule has 4 aliphatic rings. The van der Waals surface area contributed by atoms with E-state index in [1.165, 1.54) is 30.5 Å². The molecule has 0 unspecified atom stereocenters. The van der Waals surface area contributed by atoms with Gasteiger partial charge in [-0.05, 0) is 55.2 Å². The topological polar surface area (TPSA) is 32.8 Å². The summed E-state index contributed by atoms with van der Waals surface area (Å²) in [5.74, 6) is 0.898.